The molecule has 8 aromatic rings. The predicted molar refractivity (Wildman–Crippen MR) is 197 cm³/mol. The minimum atomic E-state index is -0.455. The third-order valence-corrected chi connectivity index (χ3v) is 14.2. The minimum absolute atomic E-state index is 0. The van der Waals surface area contributed by atoms with Crippen LogP contribution in [0.5, 0.6) is 0 Å². The Morgan fingerprint density at radius 3 is 1.13 bits per heavy atom. The molecule has 0 spiro atoms. The first kappa shape index (κ1) is 34.3. The summed E-state index contributed by atoms with van der Waals surface area (Å²) in [5.74, 6) is 0. The van der Waals surface area contributed by atoms with Crippen LogP contribution in [0.15, 0.2) is 182 Å². The van der Waals surface area contributed by atoms with Crippen molar-refractivity contribution < 1.29 is 35.7 Å². The molecular weight excluding hydrogens is 683 g/mol. The van der Waals surface area contributed by atoms with E-state index >= 15 is 0 Å². The second-order valence-corrected chi connectivity index (χ2v) is 17.1. The van der Waals surface area contributed by atoms with Gasteiger partial charge < -0.3 is 12.4 Å². The molecule has 8 aromatic carbocycles. The molecule has 0 saturated heterocycles. The molecule has 230 valence electrons. The molecule has 0 amide bonds. The molecule has 0 aliphatic rings. The summed E-state index contributed by atoms with van der Waals surface area (Å²) in [5.41, 5.74) is 7.44. The molecule has 0 aliphatic heterocycles. The zero-order chi connectivity index (χ0) is 31.7. The zero-order valence-corrected chi connectivity index (χ0v) is 30.9. The summed E-state index contributed by atoms with van der Waals surface area (Å²) in [7, 11) is 0. The molecular formula is C44H36ClSiZr-3. The normalized spacial score (nSPS) is 10.2. The van der Waals surface area contributed by atoms with Gasteiger partial charge in [0.25, 0.3) is 0 Å². The van der Waals surface area contributed by atoms with Crippen molar-refractivity contribution in [1.82, 2.24) is 0 Å². The Morgan fingerprint density at radius 1 is 0.426 bits per heavy atom. The van der Waals surface area contributed by atoms with Crippen molar-refractivity contribution in [1.29, 1.82) is 0 Å². The van der Waals surface area contributed by atoms with Crippen LogP contribution < -0.4 is 22.8 Å². The monoisotopic (exact) mass is 717 g/mol. The molecule has 8 rings (SSSR count). The average Bonchev–Trinajstić information content (AvgIpc) is 3.70. The van der Waals surface area contributed by atoms with E-state index in [2.05, 4.69) is 196 Å². The summed E-state index contributed by atoms with van der Waals surface area (Å²) < 4.78 is 0. The first-order valence-electron chi connectivity index (χ1n) is 15.7. The van der Waals surface area contributed by atoms with E-state index < -0.39 is 5.43 Å². The number of halogens is 1. The molecule has 0 heterocycles. The van der Waals surface area contributed by atoms with Gasteiger partial charge in [0.05, 0.1) is 0 Å². The van der Waals surface area contributed by atoms with Crippen LogP contribution in [0, 0.1) is 13.8 Å². The van der Waals surface area contributed by atoms with Gasteiger partial charge in [0.2, 0.25) is 0 Å². The van der Waals surface area contributed by atoms with Crippen molar-refractivity contribution in [2.45, 2.75) is 13.8 Å². The van der Waals surface area contributed by atoms with E-state index in [4.69, 9.17) is 0 Å². The van der Waals surface area contributed by atoms with Crippen molar-refractivity contribution in [3.63, 3.8) is 0 Å². The topological polar surface area (TPSA) is 0 Å². The van der Waals surface area contributed by atoms with Crippen LogP contribution in [-0.4, -0.2) is 5.43 Å². The fourth-order valence-corrected chi connectivity index (χ4v) is 9.73. The number of hydrogen-bond donors (Lipinski definition) is 0. The summed E-state index contributed by atoms with van der Waals surface area (Å²) >= 11 is 1.64. The van der Waals surface area contributed by atoms with Gasteiger partial charge in [0.15, 0.2) is 0 Å². The van der Waals surface area contributed by atoms with Crippen molar-refractivity contribution in [3.8, 4) is 22.3 Å². The Balaban J connectivity index is 0.000000137. The van der Waals surface area contributed by atoms with Crippen molar-refractivity contribution >= 4 is 37.4 Å². The molecule has 0 atom stereocenters. The van der Waals surface area contributed by atoms with Crippen LogP contribution in [0.1, 0.15) is 11.1 Å². The van der Waals surface area contributed by atoms with Gasteiger partial charge >= 0.3 is 99.8 Å². The fraction of sp³-hybridized carbons (Fsp3) is 0.0455. The van der Waals surface area contributed by atoms with E-state index in [0.717, 1.165) is 0 Å². The van der Waals surface area contributed by atoms with Crippen LogP contribution in [0.3, 0.4) is 0 Å². The van der Waals surface area contributed by atoms with Crippen LogP contribution in [-0.2, 0) is 23.3 Å². The Morgan fingerprint density at radius 2 is 0.766 bits per heavy atom. The molecule has 0 bridgehead atoms. The Bertz CT molecular complexity index is 2010. The van der Waals surface area contributed by atoms with Gasteiger partial charge in [-0.2, -0.15) is 12.1 Å². The molecule has 47 heavy (non-hydrogen) atoms. The van der Waals surface area contributed by atoms with Crippen LogP contribution >= 0.6 is 0 Å². The molecule has 0 radical (unpaired) electrons. The molecule has 0 saturated carbocycles. The third kappa shape index (κ3) is 8.65. The zero-order valence-electron chi connectivity index (χ0n) is 26.7. The fourth-order valence-electron chi connectivity index (χ4n) is 5.88. The van der Waals surface area contributed by atoms with Crippen molar-refractivity contribution in [2.24, 2.45) is 0 Å². The molecule has 0 aromatic heterocycles. The van der Waals surface area contributed by atoms with E-state index in [1.807, 2.05) is 0 Å². The van der Waals surface area contributed by atoms with Crippen molar-refractivity contribution in [3.05, 3.63) is 193 Å². The van der Waals surface area contributed by atoms with Gasteiger partial charge in [0, 0.05) is 0 Å². The summed E-state index contributed by atoms with van der Waals surface area (Å²) in [6, 6.07) is 64.8. The van der Waals surface area contributed by atoms with E-state index in [-0.39, 0.29) is 12.4 Å². The molecule has 0 aliphatic carbocycles. The average molecular weight is 720 g/mol. The van der Waals surface area contributed by atoms with Crippen LogP contribution in [0.2, 0.25) is 0 Å². The number of aryl methyl sites for hydroxylation is 2. The SMILES string of the molecule is Cc1cc2c(-c3ccccc3)cccc2[cH-]1.Cc1cc2c(-c3ccccc3)cccc2[cH-]1.[Cl-].[Zr]=[Si](c1ccccc1)c1ccccc1. The second-order valence-electron chi connectivity index (χ2n) is 11.5. The van der Waals surface area contributed by atoms with Gasteiger partial charge in [-0.05, 0) is 11.1 Å². The summed E-state index contributed by atoms with van der Waals surface area (Å²) in [6.07, 6.45) is 0. The van der Waals surface area contributed by atoms with Gasteiger partial charge in [-0.1, -0.05) is 97.8 Å². The van der Waals surface area contributed by atoms with E-state index in [9.17, 15) is 0 Å². The van der Waals surface area contributed by atoms with Crippen LogP contribution in [0.25, 0.3) is 43.8 Å². The van der Waals surface area contributed by atoms with Crippen LogP contribution in [0.4, 0.5) is 0 Å². The number of hydrogen-bond acceptors (Lipinski definition) is 0. The number of benzene rings is 6. The molecule has 0 nitrogen and oxygen atoms in total. The van der Waals surface area contributed by atoms with Gasteiger partial charge in [-0.15, -0.1) is 69.1 Å². The van der Waals surface area contributed by atoms with E-state index in [1.54, 1.807) is 23.3 Å². The van der Waals surface area contributed by atoms with Gasteiger partial charge in [-0.25, -0.2) is 0 Å². The predicted octanol–water partition coefficient (Wildman–Crippen LogP) is 7.41. The first-order chi connectivity index (χ1) is 22.6. The third-order valence-electron chi connectivity index (χ3n) is 8.08. The maximum atomic E-state index is 2.26. The summed E-state index contributed by atoms with van der Waals surface area (Å²) in [4.78, 5) is 0. The molecule has 3 heteroatoms. The Labute approximate surface area is 300 Å². The van der Waals surface area contributed by atoms with E-state index in [0.29, 0.717) is 0 Å². The van der Waals surface area contributed by atoms with E-state index in [1.165, 1.54) is 65.3 Å². The number of fused-ring (bicyclic) bond motifs is 2. The Hall–Kier alpha value is -4.07. The van der Waals surface area contributed by atoms with Crippen molar-refractivity contribution in [2.75, 3.05) is 0 Å². The summed E-state index contributed by atoms with van der Waals surface area (Å²) in [6.45, 7) is 4.30. The molecule has 0 unspecified atom stereocenters. The number of rotatable bonds is 4. The Kier molecular flexibility index (Phi) is 12.1. The molecule has 0 N–H and O–H groups in total. The van der Waals surface area contributed by atoms with Gasteiger partial charge in [-0.3, -0.25) is 0 Å². The standard InChI is InChI=1S/2C16H13.C12H10Si.ClH.Zr/c2*1-12-10-14-8-5-9-15(16(14)11-12)13-6-3-2-4-7-13;1-3-7-11(8-4-1)13-12-9-5-2-6-10-12;;/h2*2-11H,1H3;1-10H;1H;/q2*-1;;;/p-1. The second kappa shape index (κ2) is 16.7. The maximum absolute atomic E-state index is 2.26. The quantitative estimate of drug-likeness (QED) is 0.131. The first-order valence-corrected chi connectivity index (χ1v) is 20.9. The molecule has 0 fully saturated rings. The van der Waals surface area contributed by atoms with Gasteiger partial charge in [0.1, 0.15) is 0 Å². The summed E-state index contributed by atoms with van der Waals surface area (Å²) in [5, 5.41) is 8.40.